The molecule has 0 unspecified atom stereocenters. The summed E-state index contributed by atoms with van der Waals surface area (Å²) in [5.41, 5.74) is 6.70. The first-order chi connectivity index (χ1) is 18.2. The molecule has 1 amide bonds. The highest BCUT2D eigenvalue weighted by Crippen LogP contribution is 2.25. The summed E-state index contributed by atoms with van der Waals surface area (Å²) in [6.45, 7) is 9.99. The van der Waals surface area contributed by atoms with E-state index in [1.165, 1.54) is 45.7 Å². The minimum absolute atomic E-state index is 0.00939. The van der Waals surface area contributed by atoms with Gasteiger partial charge in [-0.2, -0.15) is 0 Å². The van der Waals surface area contributed by atoms with Crippen LogP contribution in [0.2, 0.25) is 0 Å². The Hall–Kier alpha value is -3.35. The normalized spacial score (nSPS) is 13.6. The summed E-state index contributed by atoms with van der Waals surface area (Å²) in [5, 5.41) is 2.78. The highest BCUT2D eigenvalue weighted by molar-refractivity contribution is 7.09. The predicted octanol–water partition coefficient (Wildman–Crippen LogP) is 6.98. The third-order valence-corrected chi connectivity index (χ3v) is 7.93. The van der Waals surface area contributed by atoms with Crippen LogP contribution in [-0.4, -0.2) is 27.2 Å². The first kappa shape index (κ1) is 26.3. The number of carbonyl (C=O) groups is 1. The van der Waals surface area contributed by atoms with E-state index in [0.717, 1.165) is 23.5 Å². The molecule has 0 spiro atoms. The van der Waals surface area contributed by atoms with Crippen molar-refractivity contribution in [2.45, 2.75) is 58.8 Å². The number of thiazole rings is 1. The fourth-order valence-electron chi connectivity index (χ4n) is 4.89. The van der Waals surface area contributed by atoms with Crippen molar-refractivity contribution in [2.24, 2.45) is 0 Å². The van der Waals surface area contributed by atoms with E-state index >= 15 is 0 Å². The van der Waals surface area contributed by atoms with Crippen LogP contribution in [0.1, 0.15) is 64.1 Å². The van der Waals surface area contributed by atoms with E-state index in [9.17, 15) is 9.18 Å². The molecule has 38 heavy (non-hydrogen) atoms. The van der Waals surface area contributed by atoms with Gasteiger partial charge in [-0.1, -0.05) is 81.4 Å². The minimum Gasteiger partial charge on any atom is -0.333 e. The van der Waals surface area contributed by atoms with Crippen molar-refractivity contribution in [2.75, 3.05) is 6.54 Å². The summed E-state index contributed by atoms with van der Waals surface area (Å²) in [5.74, 6) is -0.244. The highest BCUT2D eigenvalue weighted by atomic mass is 32.1. The molecule has 0 fully saturated rings. The van der Waals surface area contributed by atoms with Crippen LogP contribution < -0.4 is 0 Å². The summed E-state index contributed by atoms with van der Waals surface area (Å²) in [4.78, 5) is 22.2. The molecule has 6 heteroatoms. The van der Waals surface area contributed by atoms with Crippen LogP contribution in [0.4, 0.5) is 4.39 Å². The van der Waals surface area contributed by atoms with Gasteiger partial charge in [0.25, 0.3) is 5.91 Å². The summed E-state index contributed by atoms with van der Waals surface area (Å²) >= 11 is 1.52. The largest absolute Gasteiger partial charge is 0.333 e. The second-order valence-corrected chi connectivity index (χ2v) is 12.0. The molecule has 0 bridgehead atoms. The topological polar surface area (TPSA) is 36.4 Å². The third kappa shape index (κ3) is 6.37. The number of carbonyl (C=O) groups excluding carboxylic acids is 1. The number of rotatable bonds is 7. The molecule has 4 aromatic rings. The van der Waals surface area contributed by atoms with Crippen molar-refractivity contribution in [1.29, 1.82) is 0 Å². The number of benzene rings is 3. The lowest BCUT2D eigenvalue weighted by Crippen LogP contribution is -2.36. The standard InChI is InChI=1S/C32H34FN3OS/c1-32(2,3)27-12-8-23(9-13-27)18-35(19-24-10-14-28(33)15-11-24)21-30-34-29(22-38-30)31(37)36-17-16-25-6-4-5-7-26(25)20-36/h4-15,22H,16-21H2,1-3H3. The van der Waals surface area contributed by atoms with Gasteiger partial charge in [0.1, 0.15) is 16.5 Å². The Morgan fingerprint density at radius 2 is 1.55 bits per heavy atom. The van der Waals surface area contributed by atoms with Crippen LogP contribution in [0.25, 0.3) is 0 Å². The van der Waals surface area contributed by atoms with Gasteiger partial charge in [-0.3, -0.25) is 9.69 Å². The van der Waals surface area contributed by atoms with Gasteiger partial charge >= 0.3 is 0 Å². The van der Waals surface area contributed by atoms with Gasteiger partial charge in [-0.05, 0) is 51.8 Å². The maximum Gasteiger partial charge on any atom is 0.273 e. The molecule has 5 rings (SSSR count). The molecule has 1 aliphatic heterocycles. The zero-order chi connectivity index (χ0) is 26.7. The number of hydrogen-bond donors (Lipinski definition) is 0. The summed E-state index contributed by atoms with van der Waals surface area (Å²) < 4.78 is 13.5. The van der Waals surface area contributed by atoms with Gasteiger partial charge < -0.3 is 4.90 Å². The Morgan fingerprint density at radius 3 is 2.21 bits per heavy atom. The van der Waals surface area contributed by atoms with Crippen molar-refractivity contribution in [3.05, 3.63) is 123 Å². The fourth-order valence-corrected chi connectivity index (χ4v) is 5.70. The molecule has 0 radical (unpaired) electrons. The summed E-state index contributed by atoms with van der Waals surface area (Å²) in [6, 6.07) is 23.8. The van der Waals surface area contributed by atoms with E-state index in [1.807, 2.05) is 28.5 Å². The molecule has 0 saturated heterocycles. The number of nitrogens with zero attached hydrogens (tertiary/aromatic N) is 3. The minimum atomic E-state index is -0.235. The average Bonchev–Trinajstić information content (AvgIpc) is 3.37. The molecule has 0 saturated carbocycles. The van der Waals surface area contributed by atoms with Crippen LogP contribution in [0.3, 0.4) is 0 Å². The quantitative estimate of drug-likeness (QED) is 0.260. The first-order valence-electron chi connectivity index (χ1n) is 13.1. The average molecular weight is 528 g/mol. The van der Waals surface area contributed by atoms with E-state index in [4.69, 9.17) is 4.98 Å². The summed E-state index contributed by atoms with van der Waals surface area (Å²) in [6.07, 6.45) is 0.873. The van der Waals surface area contributed by atoms with E-state index in [0.29, 0.717) is 31.9 Å². The van der Waals surface area contributed by atoms with Gasteiger partial charge in [0, 0.05) is 31.6 Å². The van der Waals surface area contributed by atoms with Gasteiger partial charge in [0.05, 0.1) is 6.54 Å². The zero-order valence-electron chi connectivity index (χ0n) is 22.3. The smallest absolute Gasteiger partial charge is 0.273 e. The van der Waals surface area contributed by atoms with E-state index in [-0.39, 0.29) is 17.1 Å². The SMILES string of the molecule is CC(C)(C)c1ccc(CN(Cc2ccc(F)cc2)Cc2nc(C(=O)N3CCc4ccccc4C3)cs2)cc1. The van der Waals surface area contributed by atoms with Crippen LogP contribution in [0.15, 0.2) is 78.2 Å². The number of amides is 1. The van der Waals surface area contributed by atoms with E-state index in [2.05, 4.69) is 68.1 Å². The predicted molar refractivity (Wildman–Crippen MR) is 151 cm³/mol. The lowest BCUT2D eigenvalue weighted by Gasteiger charge is -2.28. The Balaban J connectivity index is 1.30. The maximum atomic E-state index is 13.5. The van der Waals surface area contributed by atoms with Crippen LogP contribution >= 0.6 is 11.3 Å². The molecule has 0 N–H and O–H groups in total. The van der Waals surface area contributed by atoms with Crippen molar-refractivity contribution in [3.63, 3.8) is 0 Å². The molecule has 196 valence electrons. The Labute approximate surface area is 228 Å². The molecule has 2 heterocycles. The second kappa shape index (κ2) is 11.2. The summed E-state index contributed by atoms with van der Waals surface area (Å²) in [7, 11) is 0. The van der Waals surface area contributed by atoms with Gasteiger partial charge in [-0.25, -0.2) is 9.37 Å². The van der Waals surface area contributed by atoms with Gasteiger partial charge in [0.2, 0.25) is 0 Å². The van der Waals surface area contributed by atoms with Crippen LogP contribution in [0, 0.1) is 5.82 Å². The first-order valence-corrected chi connectivity index (χ1v) is 14.0. The lowest BCUT2D eigenvalue weighted by atomic mass is 9.87. The van der Waals surface area contributed by atoms with Gasteiger partial charge in [-0.15, -0.1) is 11.3 Å². The highest BCUT2D eigenvalue weighted by Gasteiger charge is 2.24. The molecule has 1 aliphatic rings. The Kier molecular flexibility index (Phi) is 7.73. The van der Waals surface area contributed by atoms with Crippen molar-refractivity contribution in [3.8, 4) is 0 Å². The van der Waals surface area contributed by atoms with E-state index in [1.54, 1.807) is 0 Å². The van der Waals surface area contributed by atoms with Crippen LogP contribution in [0.5, 0.6) is 0 Å². The molecule has 0 atom stereocenters. The third-order valence-electron chi connectivity index (χ3n) is 7.09. The second-order valence-electron chi connectivity index (χ2n) is 11.1. The van der Waals surface area contributed by atoms with Crippen molar-refractivity contribution in [1.82, 2.24) is 14.8 Å². The Morgan fingerprint density at radius 1 is 0.921 bits per heavy atom. The molecular formula is C32H34FN3OS. The number of hydrogen-bond acceptors (Lipinski definition) is 4. The van der Waals surface area contributed by atoms with E-state index < -0.39 is 0 Å². The number of halogens is 1. The number of aromatic nitrogens is 1. The van der Waals surface area contributed by atoms with Gasteiger partial charge in [0.15, 0.2) is 0 Å². The zero-order valence-corrected chi connectivity index (χ0v) is 23.1. The fraction of sp³-hybridized carbons (Fsp3) is 0.312. The monoisotopic (exact) mass is 527 g/mol. The maximum absolute atomic E-state index is 13.5. The Bertz CT molecular complexity index is 1390. The molecule has 1 aromatic heterocycles. The lowest BCUT2D eigenvalue weighted by molar-refractivity contribution is 0.0729. The molecule has 3 aromatic carbocycles. The molecule has 0 aliphatic carbocycles. The molecular weight excluding hydrogens is 493 g/mol. The van der Waals surface area contributed by atoms with Crippen molar-refractivity contribution >= 4 is 17.2 Å². The number of fused-ring (bicyclic) bond motifs is 1. The van der Waals surface area contributed by atoms with Crippen molar-refractivity contribution < 1.29 is 9.18 Å². The molecule has 4 nitrogen and oxygen atoms in total. The van der Waals surface area contributed by atoms with Crippen LogP contribution in [-0.2, 0) is 38.0 Å².